The number of fused-ring (bicyclic) bond motifs is 1. The van der Waals surface area contributed by atoms with Crippen molar-refractivity contribution < 1.29 is 28.8 Å². The highest BCUT2D eigenvalue weighted by atomic mass is 16.7. The van der Waals surface area contributed by atoms with Gasteiger partial charge in [-0.15, -0.1) is 0 Å². The number of hydrogen-bond donors (Lipinski definition) is 1. The normalized spacial score (nSPS) is 21.6. The van der Waals surface area contributed by atoms with E-state index in [2.05, 4.69) is 24.8 Å². The Kier molecular flexibility index (Phi) is 7.98. The molecule has 0 unspecified atom stereocenters. The first kappa shape index (κ1) is 25.6. The minimum absolute atomic E-state index is 0.0197. The largest absolute Gasteiger partial charge is 0.459 e. The standard InChI is InChI=1S/C29H36N2O6/c1-20(2)24-14-27(37-28(15-24)34-18-22-5-3-21(17-32)4-6-22)29(33)31-11-9-30(10-12-31)16-23-7-8-25-26(13-23)36-19-35-25/h3-8,13-14,20,24,28,32H,9-12,15-19H2,1-2H3/t24-,28+/m0/s1. The molecule has 0 spiro atoms. The molecule has 1 N–H and O–H groups in total. The van der Waals surface area contributed by atoms with E-state index >= 15 is 0 Å². The zero-order valence-corrected chi connectivity index (χ0v) is 21.6. The molecule has 3 aliphatic heterocycles. The lowest BCUT2D eigenvalue weighted by atomic mass is 9.90. The molecule has 1 amide bonds. The molecule has 0 saturated carbocycles. The predicted molar refractivity (Wildman–Crippen MR) is 137 cm³/mol. The molecular formula is C29H36N2O6. The fourth-order valence-corrected chi connectivity index (χ4v) is 4.89. The van der Waals surface area contributed by atoms with Crippen LogP contribution in [0.2, 0.25) is 0 Å². The molecule has 0 aliphatic carbocycles. The first-order valence-corrected chi connectivity index (χ1v) is 13.1. The highest BCUT2D eigenvalue weighted by Crippen LogP contribution is 2.33. The topological polar surface area (TPSA) is 80.7 Å². The van der Waals surface area contributed by atoms with Crippen LogP contribution in [0.15, 0.2) is 54.3 Å². The van der Waals surface area contributed by atoms with E-state index in [0.717, 1.165) is 42.3 Å². The van der Waals surface area contributed by atoms with E-state index in [1.54, 1.807) is 0 Å². The van der Waals surface area contributed by atoms with Gasteiger partial charge in [0.15, 0.2) is 17.3 Å². The van der Waals surface area contributed by atoms with E-state index in [0.29, 0.717) is 37.8 Å². The van der Waals surface area contributed by atoms with Gasteiger partial charge in [-0.05, 0) is 46.7 Å². The molecule has 8 heteroatoms. The highest BCUT2D eigenvalue weighted by Gasteiger charge is 2.32. The SMILES string of the molecule is CC(C)[C@H]1C=C(C(=O)N2CCN(Cc3ccc4c(c3)OCO4)CC2)O[C@@H](OCc2ccc(CO)cc2)C1. The third-order valence-electron chi connectivity index (χ3n) is 7.30. The number of piperazine rings is 1. The molecule has 0 aromatic heterocycles. The summed E-state index contributed by atoms with van der Waals surface area (Å²) in [7, 11) is 0. The van der Waals surface area contributed by atoms with Gasteiger partial charge in [-0.2, -0.15) is 0 Å². The summed E-state index contributed by atoms with van der Waals surface area (Å²) in [5.41, 5.74) is 3.04. The summed E-state index contributed by atoms with van der Waals surface area (Å²) in [4.78, 5) is 17.6. The predicted octanol–water partition coefficient (Wildman–Crippen LogP) is 3.67. The summed E-state index contributed by atoms with van der Waals surface area (Å²) >= 11 is 0. The molecule has 2 aromatic rings. The fraction of sp³-hybridized carbons (Fsp3) is 0.483. The van der Waals surface area contributed by atoms with Crippen LogP contribution in [-0.4, -0.2) is 60.1 Å². The van der Waals surface area contributed by atoms with Crippen LogP contribution in [-0.2, 0) is 34.0 Å². The van der Waals surface area contributed by atoms with Crippen LogP contribution in [0, 0.1) is 11.8 Å². The number of allylic oxidation sites excluding steroid dienone is 1. The Bertz CT molecular complexity index is 1110. The lowest BCUT2D eigenvalue weighted by molar-refractivity contribution is -0.160. The van der Waals surface area contributed by atoms with Crippen molar-refractivity contribution in [1.82, 2.24) is 9.80 Å². The van der Waals surface area contributed by atoms with Crippen LogP contribution in [0.25, 0.3) is 0 Å². The fourth-order valence-electron chi connectivity index (χ4n) is 4.89. The van der Waals surface area contributed by atoms with E-state index in [-0.39, 0.29) is 25.2 Å². The van der Waals surface area contributed by atoms with Crippen molar-refractivity contribution in [3.05, 3.63) is 71.0 Å². The molecule has 2 aromatic carbocycles. The quantitative estimate of drug-likeness (QED) is 0.583. The Labute approximate surface area is 218 Å². The van der Waals surface area contributed by atoms with Crippen LogP contribution in [0.3, 0.4) is 0 Å². The Morgan fingerprint density at radius 2 is 1.70 bits per heavy atom. The maximum Gasteiger partial charge on any atom is 0.288 e. The first-order chi connectivity index (χ1) is 18.0. The third-order valence-corrected chi connectivity index (χ3v) is 7.30. The minimum Gasteiger partial charge on any atom is -0.459 e. The first-order valence-electron chi connectivity index (χ1n) is 13.1. The number of hydrogen-bond acceptors (Lipinski definition) is 7. The summed E-state index contributed by atoms with van der Waals surface area (Å²) in [6, 6.07) is 13.7. The van der Waals surface area contributed by atoms with Crippen molar-refractivity contribution in [2.75, 3.05) is 33.0 Å². The molecule has 0 bridgehead atoms. The van der Waals surface area contributed by atoms with Gasteiger partial charge in [0, 0.05) is 39.1 Å². The number of ether oxygens (including phenoxy) is 4. The Morgan fingerprint density at radius 1 is 1.00 bits per heavy atom. The molecule has 8 nitrogen and oxygen atoms in total. The van der Waals surface area contributed by atoms with Gasteiger partial charge in [0.2, 0.25) is 13.1 Å². The second kappa shape index (κ2) is 11.5. The summed E-state index contributed by atoms with van der Waals surface area (Å²) in [6.07, 6.45) is 2.23. The van der Waals surface area contributed by atoms with Crippen LogP contribution in [0.1, 0.15) is 37.0 Å². The number of benzene rings is 2. The molecular weight excluding hydrogens is 472 g/mol. The summed E-state index contributed by atoms with van der Waals surface area (Å²) in [5, 5.41) is 9.24. The molecule has 2 atom stereocenters. The average Bonchev–Trinajstić information content (AvgIpc) is 3.40. The molecule has 1 saturated heterocycles. The zero-order valence-electron chi connectivity index (χ0n) is 21.6. The maximum absolute atomic E-state index is 13.4. The number of carbonyl (C=O) groups excluding carboxylic acids is 1. The smallest absolute Gasteiger partial charge is 0.288 e. The maximum atomic E-state index is 13.4. The number of amides is 1. The van der Waals surface area contributed by atoms with Crippen LogP contribution in [0.4, 0.5) is 0 Å². The molecule has 5 rings (SSSR count). The van der Waals surface area contributed by atoms with Gasteiger partial charge in [0.05, 0.1) is 13.2 Å². The van der Waals surface area contributed by atoms with Gasteiger partial charge in [-0.3, -0.25) is 9.69 Å². The molecule has 0 radical (unpaired) electrons. The number of nitrogens with zero attached hydrogens (tertiary/aromatic N) is 2. The van der Waals surface area contributed by atoms with Gasteiger partial charge in [0.1, 0.15) is 0 Å². The molecule has 37 heavy (non-hydrogen) atoms. The van der Waals surface area contributed by atoms with Crippen molar-refractivity contribution in [1.29, 1.82) is 0 Å². The average molecular weight is 509 g/mol. The number of aliphatic hydroxyl groups is 1. The van der Waals surface area contributed by atoms with E-state index in [9.17, 15) is 9.90 Å². The highest BCUT2D eigenvalue weighted by molar-refractivity contribution is 5.91. The second-order valence-electron chi connectivity index (χ2n) is 10.3. The van der Waals surface area contributed by atoms with Gasteiger partial charge < -0.3 is 29.0 Å². The molecule has 1 fully saturated rings. The minimum atomic E-state index is -0.471. The number of aliphatic hydroxyl groups excluding tert-OH is 1. The van der Waals surface area contributed by atoms with Crippen LogP contribution < -0.4 is 9.47 Å². The van der Waals surface area contributed by atoms with Gasteiger partial charge >= 0.3 is 0 Å². The summed E-state index contributed by atoms with van der Waals surface area (Å²) < 4.78 is 23.1. The zero-order chi connectivity index (χ0) is 25.8. The summed E-state index contributed by atoms with van der Waals surface area (Å²) in [5.74, 6) is 2.51. The van der Waals surface area contributed by atoms with E-state index < -0.39 is 6.29 Å². The lowest BCUT2D eigenvalue weighted by Gasteiger charge is -2.37. The Hall–Kier alpha value is -3.07. The van der Waals surface area contributed by atoms with Crippen molar-refractivity contribution in [3.63, 3.8) is 0 Å². The van der Waals surface area contributed by atoms with Crippen molar-refractivity contribution in [2.24, 2.45) is 11.8 Å². The Balaban J connectivity index is 1.15. The van der Waals surface area contributed by atoms with Crippen molar-refractivity contribution >= 4 is 5.91 Å². The van der Waals surface area contributed by atoms with Crippen LogP contribution in [0.5, 0.6) is 11.5 Å². The van der Waals surface area contributed by atoms with Crippen molar-refractivity contribution in [2.45, 2.75) is 46.3 Å². The molecule has 198 valence electrons. The number of rotatable bonds is 8. The van der Waals surface area contributed by atoms with E-state index in [1.807, 2.05) is 47.4 Å². The van der Waals surface area contributed by atoms with Gasteiger partial charge in [0.25, 0.3) is 5.91 Å². The number of carbonyl (C=O) groups is 1. The Morgan fingerprint density at radius 3 is 2.43 bits per heavy atom. The van der Waals surface area contributed by atoms with E-state index in [1.165, 1.54) is 5.56 Å². The van der Waals surface area contributed by atoms with E-state index in [4.69, 9.17) is 18.9 Å². The third kappa shape index (κ3) is 6.26. The van der Waals surface area contributed by atoms with Gasteiger partial charge in [-0.1, -0.05) is 44.2 Å². The monoisotopic (exact) mass is 508 g/mol. The molecule has 3 heterocycles. The van der Waals surface area contributed by atoms with Gasteiger partial charge in [-0.25, -0.2) is 0 Å². The molecule has 3 aliphatic rings. The lowest BCUT2D eigenvalue weighted by Crippen LogP contribution is -2.49. The van der Waals surface area contributed by atoms with Crippen molar-refractivity contribution in [3.8, 4) is 11.5 Å². The summed E-state index contributed by atoms with van der Waals surface area (Å²) in [6.45, 7) is 8.71. The van der Waals surface area contributed by atoms with Crippen LogP contribution >= 0.6 is 0 Å². The second-order valence-corrected chi connectivity index (χ2v) is 10.3.